The summed E-state index contributed by atoms with van der Waals surface area (Å²) in [7, 11) is 0. The molecule has 1 aromatic rings. The number of nitrogens with one attached hydrogen (secondary N) is 1. The third-order valence-electron chi connectivity index (χ3n) is 3.18. The number of carbonyl (C=O) groups excluding carboxylic acids is 1. The molecule has 0 aliphatic rings. The lowest BCUT2D eigenvalue weighted by atomic mass is 9.81. The van der Waals surface area contributed by atoms with E-state index < -0.39 is 11.7 Å². The summed E-state index contributed by atoms with van der Waals surface area (Å²) in [6, 6.07) is 6.51. The van der Waals surface area contributed by atoms with Gasteiger partial charge in [-0.1, -0.05) is 26.0 Å². The first-order valence-electron chi connectivity index (χ1n) is 7.03. The van der Waals surface area contributed by atoms with E-state index in [1.807, 2.05) is 34.6 Å². The molecule has 118 valence electrons. The highest BCUT2D eigenvalue weighted by Gasteiger charge is 2.29. The summed E-state index contributed by atoms with van der Waals surface area (Å²) in [5.41, 5.74) is 6.30. The summed E-state index contributed by atoms with van der Waals surface area (Å²) >= 11 is 0. The number of rotatable bonds is 4. The Morgan fingerprint density at radius 1 is 1.24 bits per heavy atom. The van der Waals surface area contributed by atoms with Gasteiger partial charge in [0.1, 0.15) is 11.4 Å². The van der Waals surface area contributed by atoms with Gasteiger partial charge in [0.05, 0.1) is 0 Å². The number of hydrogen-bond donors (Lipinski definition) is 3. The topological polar surface area (TPSA) is 84.6 Å². The Morgan fingerprint density at radius 2 is 1.76 bits per heavy atom. The molecule has 0 fully saturated rings. The van der Waals surface area contributed by atoms with Crippen LogP contribution in [0.3, 0.4) is 0 Å². The van der Waals surface area contributed by atoms with Gasteiger partial charge in [-0.2, -0.15) is 0 Å². The van der Waals surface area contributed by atoms with Crippen molar-refractivity contribution < 1.29 is 14.6 Å². The second-order valence-corrected chi connectivity index (χ2v) is 6.91. The van der Waals surface area contributed by atoms with Crippen molar-refractivity contribution in [3.8, 4) is 5.75 Å². The predicted molar refractivity (Wildman–Crippen MR) is 83.1 cm³/mol. The molecule has 1 amide bonds. The average molecular weight is 294 g/mol. The normalized spacial score (nSPS) is 13.6. The van der Waals surface area contributed by atoms with Crippen molar-refractivity contribution in [1.82, 2.24) is 5.32 Å². The summed E-state index contributed by atoms with van der Waals surface area (Å²) in [6.45, 7) is 9.80. The maximum atomic E-state index is 11.7. The monoisotopic (exact) mass is 294 g/mol. The van der Waals surface area contributed by atoms with E-state index in [0.29, 0.717) is 6.54 Å². The number of amides is 1. The zero-order valence-electron chi connectivity index (χ0n) is 13.4. The average Bonchev–Trinajstić information content (AvgIpc) is 2.34. The molecule has 0 aliphatic heterocycles. The number of phenolic OH excluding ortho intramolecular Hbond substituents is 1. The molecule has 0 heterocycles. The number of nitrogens with two attached hydrogens (primary N) is 1. The van der Waals surface area contributed by atoms with E-state index in [2.05, 4.69) is 5.32 Å². The number of alkyl carbamates (subject to hydrolysis) is 1. The Hall–Kier alpha value is -1.75. The lowest BCUT2D eigenvalue weighted by Gasteiger charge is -2.32. The Bertz CT molecular complexity index is 475. The SMILES string of the molecule is CC(C)(C)OC(=O)NCC(C)(C)C(N)c1ccc(O)cc1. The molecule has 1 rings (SSSR count). The molecule has 21 heavy (non-hydrogen) atoms. The number of benzene rings is 1. The molecule has 4 N–H and O–H groups in total. The molecule has 0 bridgehead atoms. The van der Waals surface area contributed by atoms with Crippen LogP contribution in [0.1, 0.15) is 46.2 Å². The molecule has 5 nitrogen and oxygen atoms in total. The smallest absolute Gasteiger partial charge is 0.407 e. The van der Waals surface area contributed by atoms with E-state index in [1.165, 1.54) is 0 Å². The van der Waals surface area contributed by atoms with Gasteiger partial charge in [0, 0.05) is 18.0 Å². The van der Waals surface area contributed by atoms with Crippen molar-refractivity contribution in [3.05, 3.63) is 29.8 Å². The van der Waals surface area contributed by atoms with Gasteiger partial charge in [-0.3, -0.25) is 0 Å². The van der Waals surface area contributed by atoms with Crippen LogP contribution in [-0.4, -0.2) is 23.3 Å². The summed E-state index contributed by atoms with van der Waals surface area (Å²) in [4.78, 5) is 11.7. The zero-order chi connectivity index (χ0) is 16.3. The minimum atomic E-state index is -0.521. The molecule has 0 saturated heterocycles. The van der Waals surface area contributed by atoms with Crippen molar-refractivity contribution in [1.29, 1.82) is 0 Å². The molecule has 1 atom stereocenters. The van der Waals surface area contributed by atoms with Crippen LogP contribution in [0.2, 0.25) is 0 Å². The fraction of sp³-hybridized carbons (Fsp3) is 0.562. The number of phenols is 1. The first-order valence-corrected chi connectivity index (χ1v) is 7.03. The third-order valence-corrected chi connectivity index (χ3v) is 3.18. The van der Waals surface area contributed by atoms with Crippen LogP contribution in [0.5, 0.6) is 5.75 Å². The van der Waals surface area contributed by atoms with Crippen LogP contribution in [0.25, 0.3) is 0 Å². The Labute approximate surface area is 126 Å². The maximum absolute atomic E-state index is 11.7. The van der Waals surface area contributed by atoms with Gasteiger partial charge in [-0.05, 0) is 38.5 Å². The van der Waals surface area contributed by atoms with Gasteiger partial charge in [0.2, 0.25) is 0 Å². The Kier molecular flexibility index (Phi) is 5.23. The summed E-state index contributed by atoms with van der Waals surface area (Å²) in [5, 5.41) is 12.1. The summed E-state index contributed by atoms with van der Waals surface area (Å²) in [6.07, 6.45) is -0.450. The van der Waals surface area contributed by atoms with Crippen LogP contribution in [0.15, 0.2) is 24.3 Å². The second kappa shape index (κ2) is 6.35. The van der Waals surface area contributed by atoms with Crippen LogP contribution >= 0.6 is 0 Å². The number of aromatic hydroxyl groups is 1. The molecule has 0 aromatic heterocycles. The highest BCUT2D eigenvalue weighted by atomic mass is 16.6. The summed E-state index contributed by atoms with van der Waals surface area (Å²) in [5.74, 6) is 0.204. The van der Waals surface area contributed by atoms with E-state index in [9.17, 15) is 9.90 Å². The first kappa shape index (κ1) is 17.3. The molecular weight excluding hydrogens is 268 g/mol. The molecule has 0 spiro atoms. The van der Waals surface area contributed by atoms with Crippen LogP contribution < -0.4 is 11.1 Å². The lowest BCUT2D eigenvalue weighted by molar-refractivity contribution is 0.0500. The second-order valence-electron chi connectivity index (χ2n) is 6.91. The molecule has 1 aromatic carbocycles. The van der Waals surface area contributed by atoms with Gasteiger partial charge in [-0.15, -0.1) is 0 Å². The standard InChI is InChI=1S/C16H26N2O3/c1-15(2,3)21-14(20)18-10-16(4,5)13(17)11-6-8-12(19)9-7-11/h6-9,13,19H,10,17H2,1-5H3,(H,18,20). The van der Waals surface area contributed by atoms with Crippen LogP contribution in [0, 0.1) is 5.41 Å². The van der Waals surface area contributed by atoms with Crippen molar-refractivity contribution in [2.45, 2.75) is 46.3 Å². The Balaban J connectivity index is 2.64. The number of carbonyl (C=O) groups is 1. The van der Waals surface area contributed by atoms with Crippen molar-refractivity contribution in [3.63, 3.8) is 0 Å². The number of hydrogen-bond acceptors (Lipinski definition) is 4. The fourth-order valence-corrected chi connectivity index (χ4v) is 1.86. The molecule has 1 unspecified atom stereocenters. The minimum Gasteiger partial charge on any atom is -0.508 e. The molecule has 0 aliphatic carbocycles. The van der Waals surface area contributed by atoms with Crippen molar-refractivity contribution in [2.24, 2.45) is 11.1 Å². The lowest BCUT2D eigenvalue weighted by Crippen LogP contribution is -2.42. The van der Waals surface area contributed by atoms with E-state index in [1.54, 1.807) is 24.3 Å². The highest BCUT2D eigenvalue weighted by molar-refractivity contribution is 5.67. The maximum Gasteiger partial charge on any atom is 0.407 e. The minimum absolute atomic E-state index is 0.204. The highest BCUT2D eigenvalue weighted by Crippen LogP contribution is 2.31. The van der Waals surface area contributed by atoms with Crippen molar-refractivity contribution >= 4 is 6.09 Å². The quantitative estimate of drug-likeness (QED) is 0.797. The largest absolute Gasteiger partial charge is 0.508 e. The number of ether oxygens (including phenoxy) is 1. The van der Waals surface area contributed by atoms with Gasteiger partial charge < -0.3 is 20.9 Å². The van der Waals surface area contributed by atoms with E-state index >= 15 is 0 Å². The molecule has 0 saturated carbocycles. The predicted octanol–water partition coefficient (Wildman–Crippen LogP) is 2.94. The fourth-order valence-electron chi connectivity index (χ4n) is 1.86. The van der Waals surface area contributed by atoms with Gasteiger partial charge >= 0.3 is 6.09 Å². The van der Waals surface area contributed by atoms with E-state index in [0.717, 1.165) is 5.56 Å². The van der Waals surface area contributed by atoms with Gasteiger partial charge in [0.15, 0.2) is 0 Å². The van der Waals surface area contributed by atoms with Gasteiger partial charge in [-0.25, -0.2) is 4.79 Å². The van der Waals surface area contributed by atoms with Crippen LogP contribution in [-0.2, 0) is 4.74 Å². The first-order chi connectivity index (χ1) is 9.51. The van der Waals surface area contributed by atoms with E-state index in [4.69, 9.17) is 10.5 Å². The zero-order valence-corrected chi connectivity index (χ0v) is 13.4. The molecular formula is C16H26N2O3. The summed E-state index contributed by atoms with van der Waals surface area (Å²) < 4.78 is 5.21. The van der Waals surface area contributed by atoms with Gasteiger partial charge in [0.25, 0.3) is 0 Å². The van der Waals surface area contributed by atoms with E-state index in [-0.39, 0.29) is 17.2 Å². The van der Waals surface area contributed by atoms with Crippen molar-refractivity contribution in [2.75, 3.05) is 6.54 Å². The molecule has 5 heteroatoms. The van der Waals surface area contributed by atoms with Crippen LogP contribution in [0.4, 0.5) is 4.79 Å². The third kappa shape index (κ3) is 5.63. The Morgan fingerprint density at radius 3 is 2.24 bits per heavy atom. The molecule has 0 radical (unpaired) electrons.